The van der Waals surface area contributed by atoms with Crippen LogP contribution in [-0.2, 0) is 0 Å². The van der Waals surface area contributed by atoms with Crippen molar-refractivity contribution in [3.63, 3.8) is 0 Å². The molecule has 1 aromatic heterocycles. The highest BCUT2D eigenvalue weighted by Crippen LogP contribution is 2.28. The Hall–Kier alpha value is -2.13. The number of aryl methyl sites for hydroxylation is 1. The number of nitrogens with zero attached hydrogens (tertiary/aromatic N) is 1. The molecular formula is C19H19NOS. The van der Waals surface area contributed by atoms with Gasteiger partial charge in [-0.15, -0.1) is 12.6 Å². The van der Waals surface area contributed by atoms with E-state index < -0.39 is 0 Å². The summed E-state index contributed by atoms with van der Waals surface area (Å²) < 4.78 is 7.72. The molecule has 0 fully saturated rings. The fraction of sp³-hybridized carbons (Fsp3) is 0.158. The van der Waals surface area contributed by atoms with Crippen molar-refractivity contribution in [2.45, 2.75) is 18.7 Å². The maximum atomic E-state index is 5.51. The summed E-state index contributed by atoms with van der Waals surface area (Å²) in [5.41, 5.74) is 4.72. The molecule has 2 nitrogen and oxygen atoms in total. The van der Waals surface area contributed by atoms with Crippen molar-refractivity contribution in [2.75, 3.05) is 6.61 Å². The summed E-state index contributed by atoms with van der Waals surface area (Å²) in [7, 11) is 0. The van der Waals surface area contributed by atoms with Gasteiger partial charge in [0, 0.05) is 16.8 Å². The Kier molecular flexibility index (Phi) is 4.25. The minimum absolute atomic E-state index is 0.685. The molecule has 1 heterocycles. The molecule has 112 valence electrons. The van der Waals surface area contributed by atoms with Gasteiger partial charge >= 0.3 is 0 Å². The normalized spacial score (nSPS) is 10.7. The second-order valence-electron chi connectivity index (χ2n) is 5.25. The smallest absolute Gasteiger partial charge is 0.119 e. The van der Waals surface area contributed by atoms with E-state index in [1.165, 1.54) is 16.8 Å². The molecule has 2 aromatic carbocycles. The number of rotatable bonds is 4. The van der Waals surface area contributed by atoms with Crippen molar-refractivity contribution in [2.24, 2.45) is 0 Å². The molecule has 0 radical (unpaired) electrons. The highest BCUT2D eigenvalue weighted by atomic mass is 32.1. The molecule has 0 aliphatic heterocycles. The van der Waals surface area contributed by atoms with Crippen molar-refractivity contribution in [1.29, 1.82) is 0 Å². The lowest BCUT2D eigenvalue weighted by Gasteiger charge is -2.10. The summed E-state index contributed by atoms with van der Waals surface area (Å²) in [6, 6.07) is 18.6. The highest BCUT2D eigenvalue weighted by Gasteiger charge is 2.08. The van der Waals surface area contributed by atoms with Crippen LogP contribution in [0.25, 0.3) is 16.9 Å². The molecule has 22 heavy (non-hydrogen) atoms. The maximum Gasteiger partial charge on any atom is 0.119 e. The van der Waals surface area contributed by atoms with Crippen molar-refractivity contribution in [1.82, 2.24) is 4.57 Å². The number of hydrogen-bond acceptors (Lipinski definition) is 2. The van der Waals surface area contributed by atoms with Crippen LogP contribution in [-0.4, -0.2) is 11.2 Å². The minimum Gasteiger partial charge on any atom is -0.494 e. The summed E-state index contributed by atoms with van der Waals surface area (Å²) in [5, 5.41) is 0. The van der Waals surface area contributed by atoms with Crippen LogP contribution in [0.1, 0.15) is 12.5 Å². The Bertz CT molecular complexity index is 757. The van der Waals surface area contributed by atoms with Gasteiger partial charge < -0.3 is 9.30 Å². The summed E-state index contributed by atoms with van der Waals surface area (Å²) in [6.07, 6.45) is 2.15. The van der Waals surface area contributed by atoms with E-state index in [-0.39, 0.29) is 0 Å². The van der Waals surface area contributed by atoms with Crippen molar-refractivity contribution >= 4 is 12.6 Å². The van der Waals surface area contributed by atoms with Crippen molar-refractivity contribution in [3.8, 4) is 22.7 Å². The van der Waals surface area contributed by atoms with Crippen LogP contribution >= 0.6 is 12.6 Å². The predicted octanol–water partition coefficient (Wildman–Crippen LogP) is 5.14. The molecular weight excluding hydrogens is 290 g/mol. The van der Waals surface area contributed by atoms with E-state index >= 15 is 0 Å². The molecule has 0 aliphatic rings. The molecule has 3 heteroatoms. The van der Waals surface area contributed by atoms with Gasteiger partial charge in [-0.3, -0.25) is 0 Å². The molecule has 0 amide bonds. The second-order valence-corrected chi connectivity index (χ2v) is 5.76. The topological polar surface area (TPSA) is 14.2 Å². The van der Waals surface area contributed by atoms with Gasteiger partial charge in [-0.05, 0) is 79.6 Å². The van der Waals surface area contributed by atoms with Crippen LogP contribution < -0.4 is 4.74 Å². The number of thiol groups is 1. The number of benzene rings is 2. The first-order chi connectivity index (χ1) is 10.7. The first-order valence-electron chi connectivity index (χ1n) is 7.39. The Morgan fingerprint density at radius 1 is 1.00 bits per heavy atom. The molecule has 0 N–H and O–H groups in total. The Balaban J connectivity index is 2.02. The summed E-state index contributed by atoms with van der Waals surface area (Å²) in [4.78, 5) is 0.968. The molecule has 3 rings (SSSR count). The average molecular weight is 309 g/mol. The molecule has 0 atom stereocenters. The second kappa shape index (κ2) is 6.32. The van der Waals surface area contributed by atoms with Gasteiger partial charge in [0.1, 0.15) is 5.75 Å². The Morgan fingerprint density at radius 2 is 1.68 bits per heavy atom. The average Bonchev–Trinajstić information content (AvgIpc) is 2.91. The van der Waals surface area contributed by atoms with Crippen LogP contribution in [0, 0.1) is 6.92 Å². The van der Waals surface area contributed by atoms with Crippen LogP contribution in [0.5, 0.6) is 5.75 Å². The molecule has 0 bridgehead atoms. The molecule has 3 aromatic rings. The third-order valence-electron chi connectivity index (χ3n) is 3.55. The first-order valence-corrected chi connectivity index (χ1v) is 7.83. The van der Waals surface area contributed by atoms with E-state index in [1.807, 2.05) is 31.2 Å². The summed E-state index contributed by atoms with van der Waals surface area (Å²) >= 11 is 4.35. The van der Waals surface area contributed by atoms with Crippen LogP contribution in [0.3, 0.4) is 0 Å². The van der Waals surface area contributed by atoms with Crippen LogP contribution in [0.4, 0.5) is 0 Å². The van der Waals surface area contributed by atoms with Gasteiger partial charge in [-0.1, -0.05) is 0 Å². The van der Waals surface area contributed by atoms with E-state index in [4.69, 9.17) is 4.74 Å². The van der Waals surface area contributed by atoms with Gasteiger partial charge in [0.2, 0.25) is 0 Å². The summed E-state index contributed by atoms with van der Waals surface area (Å²) in [5.74, 6) is 0.903. The van der Waals surface area contributed by atoms with Gasteiger partial charge in [-0.25, -0.2) is 0 Å². The maximum absolute atomic E-state index is 5.51. The molecule has 0 saturated carbocycles. The Labute approximate surface area is 136 Å². The zero-order valence-electron chi connectivity index (χ0n) is 12.8. The van der Waals surface area contributed by atoms with Crippen LogP contribution in [0.2, 0.25) is 0 Å². The third kappa shape index (κ3) is 3.04. The first kappa shape index (κ1) is 14.8. The van der Waals surface area contributed by atoms with E-state index in [2.05, 4.69) is 60.6 Å². The number of hydrogen-bond donors (Lipinski definition) is 1. The predicted molar refractivity (Wildman–Crippen MR) is 94.4 cm³/mol. The number of ether oxygens (including phenoxy) is 1. The standard InChI is InChI=1S/C19H19NOS/c1-3-21-17-8-4-15(5-9-17)19-12-14(2)13-20(19)16-6-10-18(22)11-7-16/h4-13,22H,3H2,1-2H3. The minimum atomic E-state index is 0.685. The SMILES string of the molecule is CCOc1ccc(-c2cc(C)cn2-c2ccc(S)cc2)cc1. The van der Waals surface area contributed by atoms with Crippen LogP contribution in [0.15, 0.2) is 65.7 Å². The lowest BCUT2D eigenvalue weighted by atomic mass is 10.1. The molecule has 0 spiro atoms. The lowest BCUT2D eigenvalue weighted by molar-refractivity contribution is 0.340. The molecule has 0 saturated heterocycles. The summed E-state index contributed by atoms with van der Waals surface area (Å²) in [6.45, 7) is 4.79. The zero-order chi connectivity index (χ0) is 15.5. The largest absolute Gasteiger partial charge is 0.494 e. The monoisotopic (exact) mass is 309 g/mol. The molecule has 0 aliphatic carbocycles. The molecule has 0 unspecified atom stereocenters. The van der Waals surface area contributed by atoms with E-state index in [1.54, 1.807) is 0 Å². The van der Waals surface area contributed by atoms with Crippen molar-refractivity contribution in [3.05, 3.63) is 66.4 Å². The third-order valence-corrected chi connectivity index (χ3v) is 3.84. The van der Waals surface area contributed by atoms with E-state index in [0.29, 0.717) is 6.61 Å². The van der Waals surface area contributed by atoms with Crippen molar-refractivity contribution < 1.29 is 4.74 Å². The van der Waals surface area contributed by atoms with Gasteiger partial charge in [-0.2, -0.15) is 0 Å². The number of aromatic nitrogens is 1. The fourth-order valence-electron chi connectivity index (χ4n) is 2.53. The van der Waals surface area contributed by atoms with E-state index in [0.717, 1.165) is 16.3 Å². The van der Waals surface area contributed by atoms with Gasteiger partial charge in [0.15, 0.2) is 0 Å². The Morgan fingerprint density at radius 3 is 2.32 bits per heavy atom. The highest BCUT2D eigenvalue weighted by molar-refractivity contribution is 7.80. The van der Waals surface area contributed by atoms with Gasteiger partial charge in [0.25, 0.3) is 0 Å². The van der Waals surface area contributed by atoms with Gasteiger partial charge in [0.05, 0.1) is 12.3 Å². The zero-order valence-corrected chi connectivity index (χ0v) is 13.7. The quantitative estimate of drug-likeness (QED) is 0.659. The van der Waals surface area contributed by atoms with E-state index in [9.17, 15) is 0 Å². The fourth-order valence-corrected chi connectivity index (χ4v) is 2.68. The lowest BCUT2D eigenvalue weighted by Crippen LogP contribution is -1.95.